The molecule has 10 heteroatoms. The third-order valence-electron chi connectivity index (χ3n) is 12.9. The molecule has 1 aromatic rings. The van der Waals surface area contributed by atoms with Gasteiger partial charge in [-0.3, -0.25) is 4.90 Å². The molecule has 14 unspecified atom stereocenters. The second-order valence-corrected chi connectivity index (χ2v) is 13.9. The van der Waals surface area contributed by atoms with Crippen molar-refractivity contribution in [3.63, 3.8) is 0 Å². The minimum atomic E-state index is -1.36. The fraction of sp³-hybridized carbons (Fsp3) is 0.781. The van der Waals surface area contributed by atoms with Crippen molar-refractivity contribution in [3.8, 4) is 11.5 Å². The number of likely N-dealkylation sites (tertiary alicyclic amines) is 1. The second-order valence-electron chi connectivity index (χ2n) is 13.9. The smallest absolute Gasteiger partial charge is 0.338 e. The number of aliphatic hydroxyl groups excluding tert-OH is 2. The average molecular weight is 588 g/mol. The Morgan fingerprint density at radius 3 is 2.45 bits per heavy atom. The summed E-state index contributed by atoms with van der Waals surface area (Å²) in [6.45, 7) is 4.96. The number of methoxy groups -OCH3 is 4. The zero-order chi connectivity index (χ0) is 29.9. The number of hydrogen-bond donors (Lipinski definition) is 3. The first-order valence-corrected chi connectivity index (χ1v) is 15.4. The van der Waals surface area contributed by atoms with Gasteiger partial charge in [0.05, 0.1) is 43.7 Å². The molecule has 0 radical (unpaired) electrons. The molecule has 5 aliphatic carbocycles. The molecule has 7 bridgehead atoms. The van der Waals surface area contributed by atoms with Crippen LogP contribution >= 0.6 is 0 Å². The summed E-state index contributed by atoms with van der Waals surface area (Å²) in [5.74, 6) is -1.12. The number of carbonyl (C=O) groups is 1. The number of benzene rings is 1. The Labute approximate surface area is 247 Å². The number of carbonyl (C=O) groups excluding carboxylic acids is 1. The van der Waals surface area contributed by atoms with E-state index in [4.69, 9.17) is 23.7 Å². The largest absolute Gasteiger partial charge is 0.493 e. The van der Waals surface area contributed by atoms with Crippen molar-refractivity contribution in [3.05, 3.63) is 23.8 Å². The van der Waals surface area contributed by atoms with E-state index in [1.165, 1.54) is 14.2 Å². The maximum Gasteiger partial charge on any atom is 0.338 e. The SMILES string of the molecule is CCN1C(OC)C2(C)CCC(O)C34C5CC6C(OC)CC(O)(C5C6OC(=O)c5ccc(OC)c(OC)c5)C(C(O)C23)C14. The summed E-state index contributed by atoms with van der Waals surface area (Å²) in [7, 11) is 6.42. The zero-order valence-corrected chi connectivity index (χ0v) is 25.4. The van der Waals surface area contributed by atoms with Crippen molar-refractivity contribution >= 4 is 5.97 Å². The summed E-state index contributed by atoms with van der Waals surface area (Å²) in [5.41, 5.74) is -2.10. The minimum absolute atomic E-state index is 0.144. The predicted octanol–water partition coefficient (Wildman–Crippen LogP) is 2.08. The molecule has 0 amide bonds. The number of fused-ring (bicyclic) bond motifs is 2. The van der Waals surface area contributed by atoms with Crippen molar-refractivity contribution in [2.75, 3.05) is 35.0 Å². The van der Waals surface area contributed by atoms with Crippen LogP contribution in [0.3, 0.4) is 0 Å². The third kappa shape index (κ3) is 3.19. The Bertz CT molecular complexity index is 1260. The molecule has 42 heavy (non-hydrogen) atoms. The molecule has 7 rings (SSSR count). The van der Waals surface area contributed by atoms with Crippen LogP contribution in [0.25, 0.3) is 0 Å². The van der Waals surface area contributed by atoms with Gasteiger partial charge in [-0.15, -0.1) is 0 Å². The van der Waals surface area contributed by atoms with Crippen molar-refractivity contribution in [1.29, 1.82) is 0 Å². The van der Waals surface area contributed by atoms with Crippen LogP contribution in [0, 0.1) is 40.4 Å². The first-order valence-electron chi connectivity index (χ1n) is 15.4. The van der Waals surface area contributed by atoms with Crippen LogP contribution < -0.4 is 9.47 Å². The molecule has 1 heterocycles. The maximum atomic E-state index is 13.7. The van der Waals surface area contributed by atoms with Crippen LogP contribution in [-0.4, -0.2) is 103 Å². The van der Waals surface area contributed by atoms with Gasteiger partial charge in [-0.1, -0.05) is 13.8 Å². The van der Waals surface area contributed by atoms with E-state index in [-0.39, 0.29) is 36.1 Å². The summed E-state index contributed by atoms with van der Waals surface area (Å²) in [4.78, 5) is 16.0. The summed E-state index contributed by atoms with van der Waals surface area (Å²) >= 11 is 0. The summed E-state index contributed by atoms with van der Waals surface area (Å²) in [6.07, 6.45) is -0.373. The van der Waals surface area contributed by atoms with Crippen molar-refractivity contribution in [2.45, 2.75) is 81.8 Å². The summed E-state index contributed by atoms with van der Waals surface area (Å²) in [5, 5.41) is 37.3. The highest BCUT2D eigenvalue weighted by atomic mass is 16.6. The van der Waals surface area contributed by atoms with E-state index < -0.39 is 52.5 Å². The molecule has 1 aliphatic heterocycles. The number of rotatable bonds is 7. The van der Waals surface area contributed by atoms with Crippen LogP contribution in [0.5, 0.6) is 11.5 Å². The van der Waals surface area contributed by atoms with E-state index in [9.17, 15) is 20.1 Å². The Morgan fingerprint density at radius 1 is 1.07 bits per heavy atom. The summed E-state index contributed by atoms with van der Waals surface area (Å²) in [6, 6.07) is 4.66. The average Bonchev–Trinajstić information content (AvgIpc) is 3.42. The molecule has 1 spiro atoms. The number of esters is 1. The molecule has 6 aliphatic rings. The normalized spacial score (nSPS) is 50.0. The van der Waals surface area contributed by atoms with Gasteiger partial charge in [0, 0.05) is 61.2 Å². The molecule has 3 N–H and O–H groups in total. The lowest BCUT2D eigenvalue weighted by Crippen LogP contribution is -2.78. The molecule has 10 nitrogen and oxygen atoms in total. The highest BCUT2D eigenvalue weighted by Crippen LogP contribution is 2.79. The van der Waals surface area contributed by atoms with Gasteiger partial charge in [0.1, 0.15) is 12.3 Å². The third-order valence-corrected chi connectivity index (χ3v) is 12.9. The summed E-state index contributed by atoms with van der Waals surface area (Å²) < 4.78 is 29.3. The van der Waals surface area contributed by atoms with E-state index >= 15 is 0 Å². The molecule has 0 aromatic heterocycles. The monoisotopic (exact) mass is 587 g/mol. The first-order chi connectivity index (χ1) is 20.1. The van der Waals surface area contributed by atoms with Gasteiger partial charge in [-0.25, -0.2) is 4.79 Å². The van der Waals surface area contributed by atoms with Gasteiger partial charge in [-0.05, 0) is 49.9 Å². The number of aliphatic hydroxyl groups is 3. The molecule has 6 fully saturated rings. The molecular formula is C32H45NO9. The van der Waals surface area contributed by atoms with E-state index in [2.05, 4.69) is 18.7 Å². The number of ether oxygens (including phenoxy) is 5. The van der Waals surface area contributed by atoms with Gasteiger partial charge in [0.2, 0.25) is 0 Å². The van der Waals surface area contributed by atoms with Crippen molar-refractivity contribution in [2.24, 2.45) is 40.4 Å². The highest BCUT2D eigenvalue weighted by Gasteiger charge is 2.87. The maximum absolute atomic E-state index is 13.7. The lowest BCUT2D eigenvalue weighted by atomic mass is 9.43. The zero-order valence-electron chi connectivity index (χ0n) is 25.4. The Morgan fingerprint density at radius 2 is 1.81 bits per heavy atom. The van der Waals surface area contributed by atoms with Crippen molar-refractivity contribution < 1.29 is 43.8 Å². The lowest BCUT2D eigenvalue weighted by molar-refractivity contribution is -0.309. The molecular weight excluding hydrogens is 542 g/mol. The Balaban J connectivity index is 1.35. The first kappa shape index (κ1) is 28.8. The fourth-order valence-corrected chi connectivity index (χ4v) is 11.9. The highest BCUT2D eigenvalue weighted by molar-refractivity contribution is 5.90. The van der Waals surface area contributed by atoms with Gasteiger partial charge in [-0.2, -0.15) is 0 Å². The van der Waals surface area contributed by atoms with Gasteiger partial charge in [0.25, 0.3) is 0 Å². The topological polar surface area (TPSA) is 127 Å². The molecule has 1 saturated heterocycles. The van der Waals surface area contributed by atoms with Gasteiger partial charge >= 0.3 is 5.97 Å². The standard InChI is InChI=1S/C32H45NO9/c1-7-33-27-23-24(35)26-30(2,29(33)41-6)11-10-21(34)32(26,27)17-13-16-20(40-5)14-31(23,37)22(17)25(16)42-28(36)15-8-9-18(38-3)19(12-15)39-4/h8-9,12,16-17,20-27,29,34-35,37H,7,10-11,13-14H2,1-6H3. The van der Waals surface area contributed by atoms with Crippen LogP contribution in [0.2, 0.25) is 0 Å². The lowest BCUT2D eigenvalue weighted by Gasteiger charge is -2.70. The number of nitrogens with zero attached hydrogens (tertiary/aromatic N) is 1. The van der Waals surface area contributed by atoms with Gasteiger partial charge < -0.3 is 39.0 Å². The predicted molar refractivity (Wildman–Crippen MR) is 150 cm³/mol. The minimum Gasteiger partial charge on any atom is -0.493 e. The van der Waals surface area contributed by atoms with E-state index in [0.29, 0.717) is 42.9 Å². The van der Waals surface area contributed by atoms with Crippen LogP contribution in [0.15, 0.2) is 18.2 Å². The van der Waals surface area contributed by atoms with Crippen LogP contribution in [-0.2, 0) is 14.2 Å². The quantitative estimate of drug-likeness (QED) is 0.408. The Kier molecular flexibility index (Phi) is 6.53. The fourth-order valence-electron chi connectivity index (χ4n) is 11.9. The molecule has 1 aromatic carbocycles. The molecule has 14 atom stereocenters. The van der Waals surface area contributed by atoms with E-state index in [1.807, 2.05) is 0 Å². The molecule has 232 valence electrons. The molecule has 5 saturated carbocycles. The van der Waals surface area contributed by atoms with Crippen molar-refractivity contribution in [1.82, 2.24) is 4.90 Å². The van der Waals surface area contributed by atoms with Gasteiger partial charge in [0.15, 0.2) is 11.5 Å². The number of piperidine rings is 1. The van der Waals surface area contributed by atoms with Crippen LogP contribution in [0.1, 0.15) is 49.9 Å². The van der Waals surface area contributed by atoms with Crippen LogP contribution in [0.4, 0.5) is 0 Å². The van der Waals surface area contributed by atoms with E-state index in [0.717, 1.165) is 6.42 Å². The van der Waals surface area contributed by atoms with E-state index in [1.54, 1.807) is 32.4 Å². The Hall–Kier alpha value is -1.95. The number of hydrogen-bond acceptors (Lipinski definition) is 10. The second kappa shape index (κ2) is 9.52.